The van der Waals surface area contributed by atoms with Crippen molar-refractivity contribution in [1.82, 2.24) is 0 Å². The first-order valence-corrected chi connectivity index (χ1v) is 8.20. The lowest BCUT2D eigenvalue weighted by Crippen LogP contribution is -2.46. The van der Waals surface area contributed by atoms with Gasteiger partial charge in [0.05, 0.1) is 6.61 Å². The summed E-state index contributed by atoms with van der Waals surface area (Å²) in [7, 11) is 0. The lowest BCUT2D eigenvalue weighted by molar-refractivity contribution is -0.162. The summed E-state index contributed by atoms with van der Waals surface area (Å²) >= 11 is 0. The van der Waals surface area contributed by atoms with E-state index >= 15 is 0 Å². The maximum atomic E-state index is 11.7. The van der Waals surface area contributed by atoms with Crippen LogP contribution in [0.25, 0.3) is 0 Å². The molecule has 4 aliphatic rings. The van der Waals surface area contributed by atoms with Crippen molar-refractivity contribution >= 4 is 5.97 Å². The molecule has 114 valence electrons. The van der Waals surface area contributed by atoms with Crippen LogP contribution in [-0.4, -0.2) is 24.8 Å². The van der Waals surface area contributed by atoms with Crippen molar-refractivity contribution in [3.63, 3.8) is 0 Å². The maximum Gasteiger partial charge on any atom is 0.332 e. The molecule has 4 rings (SSSR count). The molecule has 0 N–H and O–H groups in total. The van der Waals surface area contributed by atoms with Crippen molar-refractivity contribution in [3.05, 3.63) is 0 Å². The molecular weight excluding hydrogens is 252 g/mol. The van der Waals surface area contributed by atoms with Crippen molar-refractivity contribution in [3.8, 4) is 0 Å². The van der Waals surface area contributed by atoms with Gasteiger partial charge in [-0.2, -0.15) is 0 Å². The molecule has 0 radical (unpaired) electrons. The minimum Gasteiger partial charge on any atom is -0.458 e. The molecule has 0 atom stereocenters. The third kappa shape index (κ3) is 3.19. The van der Waals surface area contributed by atoms with Crippen molar-refractivity contribution in [2.45, 2.75) is 58.5 Å². The van der Waals surface area contributed by atoms with E-state index < -0.39 is 5.60 Å². The van der Waals surface area contributed by atoms with E-state index in [2.05, 4.69) is 0 Å². The predicted octanol–water partition coefficient (Wildman–Crippen LogP) is 3.42. The van der Waals surface area contributed by atoms with Crippen LogP contribution >= 0.6 is 0 Å². The Bertz CT molecular complexity index is 341. The van der Waals surface area contributed by atoms with Gasteiger partial charge in [0.25, 0.3) is 0 Å². The lowest BCUT2D eigenvalue weighted by Gasteiger charge is -2.54. The molecule has 0 aromatic rings. The monoisotopic (exact) mass is 280 g/mol. The van der Waals surface area contributed by atoms with Crippen molar-refractivity contribution in [2.75, 3.05) is 13.2 Å². The minimum absolute atomic E-state index is 0.111. The van der Waals surface area contributed by atoms with Gasteiger partial charge in [0.15, 0.2) is 0 Å². The van der Waals surface area contributed by atoms with Gasteiger partial charge in [-0.3, -0.25) is 0 Å². The molecule has 4 bridgehead atoms. The third-order valence-electron chi connectivity index (χ3n) is 5.37. The van der Waals surface area contributed by atoms with Crippen LogP contribution in [0.2, 0.25) is 0 Å². The molecule has 4 fully saturated rings. The van der Waals surface area contributed by atoms with Crippen LogP contribution in [0.15, 0.2) is 0 Å². The Morgan fingerprint density at radius 3 is 2.05 bits per heavy atom. The van der Waals surface area contributed by atoms with Crippen LogP contribution in [0.5, 0.6) is 0 Å². The molecule has 0 aliphatic heterocycles. The Hall–Kier alpha value is -0.570. The highest BCUT2D eigenvalue weighted by molar-refractivity contribution is 5.71. The van der Waals surface area contributed by atoms with Crippen LogP contribution in [0.3, 0.4) is 0 Å². The second-order valence-electron chi connectivity index (χ2n) is 8.20. The van der Waals surface area contributed by atoms with Crippen molar-refractivity contribution in [1.29, 1.82) is 0 Å². The summed E-state index contributed by atoms with van der Waals surface area (Å²) in [5.74, 6) is 4.19. The molecule has 3 nitrogen and oxygen atoms in total. The number of hydrogen-bond acceptors (Lipinski definition) is 3. The first-order valence-electron chi connectivity index (χ1n) is 8.20. The van der Waals surface area contributed by atoms with Gasteiger partial charge in [-0.15, -0.1) is 0 Å². The van der Waals surface area contributed by atoms with Gasteiger partial charge in [0.1, 0.15) is 12.2 Å². The fraction of sp³-hybridized carbons (Fsp3) is 0.941. The molecule has 20 heavy (non-hydrogen) atoms. The molecule has 0 aromatic carbocycles. The van der Waals surface area contributed by atoms with E-state index in [1.54, 1.807) is 0 Å². The van der Waals surface area contributed by atoms with Gasteiger partial charge in [0.2, 0.25) is 0 Å². The van der Waals surface area contributed by atoms with Gasteiger partial charge in [0, 0.05) is 0 Å². The zero-order chi connectivity index (χ0) is 14.3. The quantitative estimate of drug-likeness (QED) is 0.740. The number of hydrogen-bond donors (Lipinski definition) is 0. The largest absolute Gasteiger partial charge is 0.458 e. The van der Waals surface area contributed by atoms with Gasteiger partial charge in [-0.05, 0) is 82.5 Å². The first-order chi connectivity index (χ1) is 9.40. The number of ether oxygens (including phenoxy) is 2. The fourth-order valence-corrected chi connectivity index (χ4v) is 4.96. The molecule has 4 aliphatic carbocycles. The molecule has 0 aromatic heterocycles. The molecule has 3 heteroatoms. The van der Waals surface area contributed by atoms with Crippen molar-refractivity contribution in [2.24, 2.45) is 29.6 Å². The Morgan fingerprint density at radius 2 is 1.55 bits per heavy atom. The van der Waals surface area contributed by atoms with Crippen LogP contribution in [0, 0.1) is 29.6 Å². The topological polar surface area (TPSA) is 35.5 Å². The molecule has 0 saturated heterocycles. The highest BCUT2D eigenvalue weighted by Gasteiger charge is 2.48. The van der Waals surface area contributed by atoms with E-state index in [-0.39, 0.29) is 12.6 Å². The highest BCUT2D eigenvalue weighted by atomic mass is 16.6. The second-order valence-corrected chi connectivity index (χ2v) is 8.20. The average Bonchev–Trinajstić information content (AvgIpc) is 2.29. The zero-order valence-electron chi connectivity index (χ0n) is 13.1. The SMILES string of the molecule is CC(C)(C)OC(=O)COCC1C2CC3CC(C2)CC1C3. The number of rotatable bonds is 4. The standard InChI is InChI=1S/C17H28O3/c1-17(2,3)20-16(18)10-19-9-15-13-5-11-4-12(7-13)8-14(15)6-11/h11-15H,4-10H2,1-3H3. The van der Waals surface area contributed by atoms with E-state index in [1.807, 2.05) is 20.8 Å². The maximum absolute atomic E-state index is 11.7. The summed E-state index contributed by atoms with van der Waals surface area (Å²) in [6, 6.07) is 0. The summed E-state index contributed by atoms with van der Waals surface area (Å²) in [5, 5.41) is 0. The minimum atomic E-state index is -0.414. The summed E-state index contributed by atoms with van der Waals surface area (Å²) in [4.78, 5) is 11.7. The smallest absolute Gasteiger partial charge is 0.332 e. The van der Waals surface area contributed by atoms with Crippen LogP contribution in [0.1, 0.15) is 52.9 Å². The predicted molar refractivity (Wildman–Crippen MR) is 77.2 cm³/mol. The lowest BCUT2D eigenvalue weighted by atomic mass is 9.52. The van der Waals surface area contributed by atoms with Gasteiger partial charge in [-0.1, -0.05) is 0 Å². The van der Waals surface area contributed by atoms with Crippen molar-refractivity contribution < 1.29 is 14.3 Å². The third-order valence-corrected chi connectivity index (χ3v) is 5.37. The van der Waals surface area contributed by atoms with Gasteiger partial charge < -0.3 is 9.47 Å². The number of carbonyl (C=O) groups excluding carboxylic acids is 1. The number of esters is 1. The molecular formula is C17H28O3. The highest BCUT2D eigenvalue weighted by Crippen LogP contribution is 2.56. The average molecular weight is 280 g/mol. The molecule has 0 unspecified atom stereocenters. The van der Waals surface area contributed by atoms with E-state index in [0.29, 0.717) is 5.92 Å². The number of carbonyl (C=O) groups is 1. The Kier molecular flexibility index (Phi) is 3.83. The van der Waals surface area contributed by atoms with E-state index in [9.17, 15) is 4.79 Å². The molecule has 4 saturated carbocycles. The summed E-state index contributed by atoms with van der Waals surface area (Å²) in [6.07, 6.45) is 7.13. The second kappa shape index (κ2) is 5.32. The molecule has 0 amide bonds. The van der Waals surface area contributed by atoms with Gasteiger partial charge in [-0.25, -0.2) is 4.79 Å². The van der Waals surface area contributed by atoms with Crippen LogP contribution in [-0.2, 0) is 14.3 Å². The van der Waals surface area contributed by atoms with E-state index in [4.69, 9.17) is 9.47 Å². The summed E-state index contributed by atoms with van der Waals surface area (Å²) in [6.45, 7) is 6.54. The Labute approximate surface area is 122 Å². The molecule has 0 spiro atoms. The molecule has 0 heterocycles. The summed E-state index contributed by atoms with van der Waals surface area (Å²) < 4.78 is 11.0. The Morgan fingerprint density at radius 1 is 1.00 bits per heavy atom. The van der Waals surface area contributed by atoms with Crippen LogP contribution < -0.4 is 0 Å². The van der Waals surface area contributed by atoms with E-state index in [0.717, 1.165) is 30.3 Å². The Balaban J connectivity index is 1.44. The van der Waals surface area contributed by atoms with E-state index in [1.165, 1.54) is 32.1 Å². The van der Waals surface area contributed by atoms with Gasteiger partial charge >= 0.3 is 5.97 Å². The normalized spacial score (nSPS) is 39.0. The van der Waals surface area contributed by atoms with Crippen LogP contribution in [0.4, 0.5) is 0 Å². The first kappa shape index (κ1) is 14.4. The zero-order valence-corrected chi connectivity index (χ0v) is 13.1. The fourth-order valence-electron chi connectivity index (χ4n) is 4.96. The summed E-state index contributed by atoms with van der Waals surface area (Å²) in [5.41, 5.74) is -0.414.